The van der Waals surface area contributed by atoms with E-state index in [9.17, 15) is 43.8 Å². The number of carbonyl (C=O) groups excluding carboxylic acids is 8. The fourth-order valence-electron chi connectivity index (χ4n) is 9.75. The van der Waals surface area contributed by atoms with Crippen LogP contribution in [0.5, 0.6) is 5.75 Å². The first-order valence-electron chi connectivity index (χ1n) is 26.7. The molecule has 78 heavy (non-hydrogen) atoms. The van der Waals surface area contributed by atoms with Gasteiger partial charge in [0, 0.05) is 49.0 Å². The van der Waals surface area contributed by atoms with Crippen LogP contribution in [0.2, 0.25) is 0 Å². The van der Waals surface area contributed by atoms with Crippen LogP contribution in [0.1, 0.15) is 82.4 Å². The predicted octanol–water partition coefficient (Wildman–Crippen LogP) is 5.86. The van der Waals surface area contributed by atoms with Gasteiger partial charge in [-0.05, 0) is 108 Å². The van der Waals surface area contributed by atoms with E-state index >= 15 is 4.79 Å². The number of fused-ring (bicyclic) bond motifs is 2. The van der Waals surface area contributed by atoms with Gasteiger partial charge in [0.05, 0.1) is 42.1 Å². The van der Waals surface area contributed by atoms with Crippen molar-refractivity contribution in [2.24, 2.45) is 46.8 Å². The molecule has 0 aliphatic carbocycles. The summed E-state index contributed by atoms with van der Waals surface area (Å²) in [5, 5.41) is 33.2. The molecular weight excluding hydrogens is 1030 g/mol. The number of nitrogens with two attached hydrogens (primary N) is 3. The quantitative estimate of drug-likeness (QED) is 0.0355. The van der Waals surface area contributed by atoms with Crippen LogP contribution in [-0.4, -0.2) is 105 Å². The van der Waals surface area contributed by atoms with E-state index in [0.29, 0.717) is 24.9 Å². The number of unbranched alkanes of at least 4 members (excludes halogenated alkanes) is 1. The minimum atomic E-state index is -1.29. The molecule has 0 bridgehead atoms. The molecule has 0 spiro atoms. The van der Waals surface area contributed by atoms with Gasteiger partial charge in [-0.25, -0.2) is 0 Å². The molecule has 1 aliphatic heterocycles. The molecule has 0 aromatic heterocycles. The zero-order valence-electron chi connectivity index (χ0n) is 44.6. The van der Waals surface area contributed by atoms with Crippen molar-refractivity contribution in [1.82, 2.24) is 16.0 Å². The number of aliphatic hydroxyl groups excluding tert-OH is 1. The Bertz CT molecular complexity index is 2920. The normalized spacial score (nSPS) is 21.8. The van der Waals surface area contributed by atoms with Crippen molar-refractivity contribution < 1.29 is 48.6 Å². The molecule has 0 saturated carbocycles. The lowest BCUT2D eigenvalue weighted by atomic mass is 9.86. The van der Waals surface area contributed by atoms with E-state index in [4.69, 9.17) is 17.2 Å². The van der Waals surface area contributed by atoms with Crippen LogP contribution in [0.25, 0.3) is 21.5 Å². The average molecular weight is 1100 g/mol. The zero-order chi connectivity index (χ0) is 56.5. The van der Waals surface area contributed by atoms with Crippen LogP contribution in [0.3, 0.4) is 0 Å². The summed E-state index contributed by atoms with van der Waals surface area (Å²) in [5.74, 6) is -9.72. The lowest BCUT2D eigenvalue weighted by molar-refractivity contribution is -0.136. The number of ketones is 4. The fourth-order valence-corrected chi connectivity index (χ4v) is 12.3. The van der Waals surface area contributed by atoms with Crippen LogP contribution in [-0.2, 0) is 57.6 Å². The maximum atomic E-state index is 15.0. The third-order valence-corrected chi connectivity index (χ3v) is 17.1. The third kappa shape index (κ3) is 17.8. The van der Waals surface area contributed by atoms with Gasteiger partial charge in [-0.2, -0.15) is 0 Å². The van der Waals surface area contributed by atoms with Crippen molar-refractivity contribution in [3.63, 3.8) is 0 Å². The molecule has 0 radical (unpaired) electrons. The number of benzene rings is 5. The van der Waals surface area contributed by atoms with Gasteiger partial charge in [-0.1, -0.05) is 132 Å². The topological polar surface area (TPSA) is 291 Å². The van der Waals surface area contributed by atoms with E-state index in [-0.39, 0.29) is 62.2 Å². The first kappa shape index (κ1) is 60.8. The lowest BCUT2D eigenvalue weighted by Crippen LogP contribution is -2.50. The van der Waals surface area contributed by atoms with E-state index in [1.807, 2.05) is 84.9 Å². The molecule has 6 rings (SSSR count). The van der Waals surface area contributed by atoms with E-state index in [1.165, 1.54) is 19.1 Å². The second kappa shape index (κ2) is 29.5. The molecule has 16 nitrogen and oxygen atoms in total. The molecule has 1 unspecified atom stereocenters. The zero-order valence-corrected chi connectivity index (χ0v) is 46.2. The Balaban J connectivity index is 1.40. The highest BCUT2D eigenvalue weighted by atomic mass is 33.1. The highest BCUT2D eigenvalue weighted by molar-refractivity contribution is 8.76. The van der Waals surface area contributed by atoms with Crippen LogP contribution >= 0.6 is 21.6 Å². The molecule has 4 amide bonds. The van der Waals surface area contributed by atoms with E-state index in [1.54, 1.807) is 26.0 Å². The Morgan fingerprint density at radius 2 is 1.22 bits per heavy atom. The fraction of sp³-hybridized carbons (Fsp3) is 0.433. The molecule has 1 aliphatic rings. The van der Waals surface area contributed by atoms with Gasteiger partial charge < -0.3 is 43.4 Å². The van der Waals surface area contributed by atoms with Gasteiger partial charge in [0.25, 0.3) is 0 Å². The van der Waals surface area contributed by atoms with Crippen LogP contribution < -0.4 is 33.2 Å². The maximum Gasteiger partial charge on any atom is 0.225 e. The van der Waals surface area contributed by atoms with E-state index in [0.717, 1.165) is 54.3 Å². The van der Waals surface area contributed by atoms with Crippen molar-refractivity contribution in [3.8, 4) is 5.75 Å². The van der Waals surface area contributed by atoms with Gasteiger partial charge in [0.15, 0.2) is 23.1 Å². The average Bonchev–Trinajstić information content (AvgIpc) is 3.41. The SMILES string of the molecule is CC(C)[C@@H]1CC(=O)[C@H](CCCCN)NC(=O)[C@@H](Cc2ccc3ccccc3c2)CC(=O)[C@H](Cc2ccc(O)cc2)NC(=O)[C@@H](CC(=O)[C@H](N)Cc2ccc3ccccc3c2)CSSC[C@@H](C(=O)C[C@H](C(N)=O)C(C)O)NC1=O. The van der Waals surface area contributed by atoms with Gasteiger partial charge in [-0.3, -0.25) is 38.4 Å². The predicted molar refractivity (Wildman–Crippen MR) is 307 cm³/mol. The largest absolute Gasteiger partial charge is 0.508 e. The summed E-state index contributed by atoms with van der Waals surface area (Å²) in [4.78, 5) is 114. The summed E-state index contributed by atoms with van der Waals surface area (Å²) < 4.78 is 0. The Labute approximate surface area is 464 Å². The summed E-state index contributed by atoms with van der Waals surface area (Å²) in [6.07, 6.45) is -1.42. The van der Waals surface area contributed by atoms with E-state index < -0.39 is 113 Å². The number of phenolic OH excluding ortho intramolecular Hbond substituents is 1. The van der Waals surface area contributed by atoms with Crippen molar-refractivity contribution >= 4 is 89.9 Å². The maximum absolute atomic E-state index is 15.0. The molecule has 1 saturated heterocycles. The van der Waals surface area contributed by atoms with Gasteiger partial charge in [-0.15, -0.1) is 0 Å². The summed E-state index contributed by atoms with van der Waals surface area (Å²) in [6, 6.07) is 28.6. The Kier molecular flexibility index (Phi) is 23.0. The number of amides is 4. The van der Waals surface area contributed by atoms with Crippen molar-refractivity contribution in [3.05, 3.63) is 126 Å². The Hall–Kier alpha value is -6.44. The van der Waals surface area contributed by atoms with E-state index in [2.05, 4.69) is 16.0 Å². The lowest BCUT2D eigenvalue weighted by Gasteiger charge is -2.28. The number of rotatable bonds is 19. The van der Waals surface area contributed by atoms with Gasteiger partial charge in [0.2, 0.25) is 23.6 Å². The molecule has 416 valence electrons. The number of primary amides is 1. The highest BCUT2D eigenvalue weighted by Crippen LogP contribution is 2.30. The number of aliphatic hydroxyl groups is 1. The van der Waals surface area contributed by atoms with Crippen molar-refractivity contribution in [2.75, 3.05) is 18.1 Å². The van der Waals surface area contributed by atoms with Crippen molar-refractivity contribution in [2.45, 2.75) is 115 Å². The smallest absolute Gasteiger partial charge is 0.225 e. The number of phenols is 1. The molecule has 18 heteroatoms. The molecule has 9 atom stereocenters. The molecule has 1 fully saturated rings. The monoisotopic (exact) mass is 1100 g/mol. The van der Waals surface area contributed by atoms with Gasteiger partial charge >= 0.3 is 0 Å². The number of hydrogen-bond donors (Lipinski definition) is 8. The minimum absolute atomic E-state index is 0.0139. The summed E-state index contributed by atoms with van der Waals surface area (Å²) in [5.41, 5.74) is 20.2. The molecule has 5 aromatic carbocycles. The van der Waals surface area contributed by atoms with Crippen molar-refractivity contribution in [1.29, 1.82) is 0 Å². The van der Waals surface area contributed by atoms with Gasteiger partial charge in [0.1, 0.15) is 5.75 Å². The number of carbonyl (C=O) groups is 8. The molecule has 11 N–H and O–H groups in total. The minimum Gasteiger partial charge on any atom is -0.508 e. The first-order chi connectivity index (χ1) is 37.3. The number of aromatic hydroxyl groups is 1. The Morgan fingerprint density at radius 1 is 0.654 bits per heavy atom. The van der Waals surface area contributed by atoms with Crippen LogP contribution in [0.4, 0.5) is 0 Å². The van der Waals surface area contributed by atoms with Crippen LogP contribution in [0, 0.1) is 29.6 Å². The second-order valence-electron chi connectivity index (χ2n) is 21.0. The third-order valence-electron chi connectivity index (χ3n) is 14.6. The Morgan fingerprint density at radius 3 is 1.83 bits per heavy atom. The van der Waals surface area contributed by atoms with Crippen LogP contribution in [0.15, 0.2) is 109 Å². The summed E-state index contributed by atoms with van der Waals surface area (Å²) >= 11 is 0. The number of Topliss-reactive ketones (excluding diaryl/α,β-unsaturated/α-hetero) is 4. The second-order valence-corrected chi connectivity index (χ2v) is 23.5. The first-order valence-corrected chi connectivity index (χ1v) is 29.2. The highest BCUT2D eigenvalue weighted by Gasteiger charge is 2.37. The summed E-state index contributed by atoms with van der Waals surface area (Å²) in [7, 11) is 2.27. The molecular formula is C60H74N6O10S2. The number of hydrogen-bond acceptors (Lipinski definition) is 14. The standard InChI is InChI=1S/C60H74N6O10S2/c1-35(2)47-31-55(71)50(14-8-9-23-61)64-58(74)44(26-38-15-19-40-10-4-6-12-42(40)24-38)29-54(70)51(28-37-17-21-46(68)22-18-37)65-59(75)45(30-53(69)49(62)27-39-16-20-41-11-5-7-13-43(41)25-39)33-77-78-34-52(66-60(47)76)56(72)32-48(36(3)67)57(63)73/h4-7,10-13,15-22,24-25,35-36,44-45,47-52,67-68H,8-9,14,23,26-34,61-62H2,1-3H3,(H2,63,73)(H,64,74)(H,65,75)(H,66,76)/t36?,44-,45-,47-,48-,49+,50-,51-,52-/m0/s1. The molecule has 1 heterocycles. The number of nitrogens with one attached hydrogen (secondary N) is 3. The molecule has 5 aromatic rings. The summed E-state index contributed by atoms with van der Waals surface area (Å²) in [6.45, 7) is 5.17.